The van der Waals surface area contributed by atoms with E-state index in [9.17, 15) is 9.18 Å². The van der Waals surface area contributed by atoms with Crippen molar-refractivity contribution in [3.63, 3.8) is 0 Å². The Kier molecular flexibility index (Phi) is 14.7. The second-order valence-corrected chi connectivity index (χ2v) is 23.6. The molecule has 1 heterocycles. The van der Waals surface area contributed by atoms with Gasteiger partial charge in [0.25, 0.3) is 0 Å². The molecule has 1 amide bonds. The zero-order valence-corrected chi connectivity index (χ0v) is 24.5. The van der Waals surface area contributed by atoms with Gasteiger partial charge in [-0.25, -0.2) is 0 Å². The zero-order valence-electron chi connectivity index (χ0n) is 18.0. The molecule has 0 bridgehead atoms. The minimum atomic E-state index is 0.211. The molecule has 30 heavy (non-hydrogen) atoms. The number of hydrogen-bond donors (Lipinski definition) is 0. The summed E-state index contributed by atoms with van der Waals surface area (Å²) in [5.41, 5.74) is 3.47. The van der Waals surface area contributed by atoms with E-state index in [0.717, 1.165) is 25.1 Å². The van der Waals surface area contributed by atoms with Gasteiger partial charge in [0.05, 0.1) is 13.6 Å². The number of carbonyl (C=O) groups is 1. The Morgan fingerprint density at radius 1 is 1.10 bits per heavy atom. The Hall–Kier alpha value is -0.01000. The average Bonchev–Trinajstić information content (AvgIpc) is 3.27. The number of benzene rings is 2. The van der Waals surface area contributed by atoms with Crippen molar-refractivity contribution in [3.05, 3.63) is 60.2 Å². The summed E-state index contributed by atoms with van der Waals surface area (Å²) < 4.78 is 9.50. The van der Waals surface area contributed by atoms with Gasteiger partial charge in [-0.1, -0.05) is 54.6 Å². The van der Waals surface area contributed by atoms with Gasteiger partial charge in [-0.15, -0.1) is 0 Å². The van der Waals surface area contributed by atoms with Gasteiger partial charge in [-0.05, 0) is 37.0 Å². The molecule has 0 spiro atoms. The van der Waals surface area contributed by atoms with Crippen LogP contribution < -0.4 is 13.3 Å². The first-order chi connectivity index (χ1) is 14.5. The van der Waals surface area contributed by atoms with E-state index in [1.165, 1.54) is 11.1 Å². The van der Waals surface area contributed by atoms with Crippen molar-refractivity contribution in [3.8, 4) is 11.1 Å². The van der Waals surface area contributed by atoms with Crippen LogP contribution in [0.25, 0.3) is 11.1 Å². The summed E-state index contributed by atoms with van der Waals surface area (Å²) in [4.78, 5) is 17.0. The Balaban J connectivity index is 0.000000826. The molecule has 1 atom stereocenters. The van der Waals surface area contributed by atoms with Gasteiger partial charge >= 0.3 is 50.5 Å². The first kappa shape index (κ1) is 28.0. The zero-order chi connectivity index (χ0) is 22.5. The van der Waals surface area contributed by atoms with Gasteiger partial charge in [0.15, 0.2) is 0 Å². The summed E-state index contributed by atoms with van der Waals surface area (Å²) in [6.07, 6.45) is 1.55. The normalized spacial score (nSPS) is 15.8. The standard InChI is InChI=1S/C22H28N2O.CH3F.I3/c1-17(2)24-14-13-21(16-24)23(3)22(25)15-18-9-11-20(12-10-18)19-7-5-4-6-8-19;1-2;1-3-2/h4-12,17,21H,13-16H2,1-3H3;1H3;/q;;-1. The van der Waals surface area contributed by atoms with E-state index in [0.29, 0.717) is 38.9 Å². The van der Waals surface area contributed by atoms with Crippen LogP contribution in [0, 0.1) is 0 Å². The van der Waals surface area contributed by atoms with E-state index < -0.39 is 0 Å². The molecule has 0 N–H and O–H groups in total. The van der Waals surface area contributed by atoms with Crippen molar-refractivity contribution in [2.45, 2.75) is 38.8 Å². The fraction of sp³-hybridized carbons (Fsp3) is 0.435. The topological polar surface area (TPSA) is 23.6 Å². The molecule has 3 rings (SSSR count). The molecule has 1 unspecified atom stereocenters. The van der Waals surface area contributed by atoms with Crippen LogP contribution in [0.15, 0.2) is 54.6 Å². The maximum absolute atomic E-state index is 12.6. The third kappa shape index (κ3) is 9.23. The monoisotopic (exact) mass is 751 g/mol. The summed E-state index contributed by atoms with van der Waals surface area (Å²) in [6.45, 7) is 6.52. The molecule has 1 aliphatic heterocycles. The molecule has 1 aliphatic rings. The third-order valence-electron chi connectivity index (χ3n) is 5.28. The molecular formula is C23H31FI3N2O-. The van der Waals surface area contributed by atoms with E-state index in [4.69, 9.17) is 0 Å². The summed E-state index contributed by atoms with van der Waals surface area (Å²) in [6, 6.07) is 19.6. The number of carbonyl (C=O) groups excluding carboxylic acids is 1. The third-order valence-corrected chi connectivity index (χ3v) is 5.28. The van der Waals surface area contributed by atoms with E-state index >= 15 is 0 Å². The van der Waals surface area contributed by atoms with Crippen molar-refractivity contribution in [1.29, 1.82) is 0 Å². The van der Waals surface area contributed by atoms with Crippen molar-refractivity contribution >= 4 is 43.1 Å². The Morgan fingerprint density at radius 3 is 2.13 bits per heavy atom. The van der Waals surface area contributed by atoms with Gasteiger partial charge in [-0.3, -0.25) is 14.1 Å². The first-order valence-electron chi connectivity index (χ1n) is 9.85. The molecular weight excluding hydrogens is 720 g/mol. The number of amides is 1. The fourth-order valence-corrected chi connectivity index (χ4v) is 3.50. The van der Waals surface area contributed by atoms with Crippen LogP contribution in [0.2, 0.25) is 0 Å². The quantitative estimate of drug-likeness (QED) is 0.439. The van der Waals surface area contributed by atoms with Gasteiger partial charge in [-0.2, -0.15) is 0 Å². The second-order valence-electron chi connectivity index (χ2n) is 7.33. The van der Waals surface area contributed by atoms with Crippen molar-refractivity contribution in [1.82, 2.24) is 9.80 Å². The van der Waals surface area contributed by atoms with Crippen LogP contribution in [0.3, 0.4) is 0 Å². The Bertz CT molecular complexity index is 729. The Labute approximate surface area is 210 Å². The molecule has 0 saturated carbocycles. The maximum atomic E-state index is 12.6. The van der Waals surface area contributed by atoms with Gasteiger partial charge in [0.1, 0.15) is 0 Å². The number of rotatable bonds is 5. The molecule has 0 aromatic heterocycles. The van der Waals surface area contributed by atoms with Crippen LogP contribution in [-0.2, 0) is 11.2 Å². The van der Waals surface area contributed by atoms with Gasteiger partial charge in [0, 0.05) is 32.2 Å². The first-order valence-corrected chi connectivity index (χ1v) is 22.4. The SMILES string of the molecule is CC(C)N1CCC(N(C)C(=O)Cc2ccc(-c3ccccc3)cc2)C1.CF.I[I-]I. The van der Waals surface area contributed by atoms with Crippen LogP contribution in [-0.4, -0.2) is 55.1 Å². The molecule has 168 valence electrons. The predicted octanol–water partition coefficient (Wildman–Crippen LogP) is 3.20. The molecule has 7 heteroatoms. The summed E-state index contributed by atoms with van der Waals surface area (Å²) in [5, 5.41) is 0. The van der Waals surface area contributed by atoms with Crippen LogP contribution >= 0.6 is 37.2 Å². The minimum absolute atomic E-state index is 0.211. The van der Waals surface area contributed by atoms with Crippen molar-refractivity contribution in [2.24, 2.45) is 0 Å². The number of halogens is 4. The Morgan fingerprint density at radius 2 is 1.63 bits per heavy atom. The van der Waals surface area contributed by atoms with Crippen molar-refractivity contribution in [2.75, 3.05) is 27.3 Å². The number of hydrogen-bond acceptors (Lipinski definition) is 2. The van der Waals surface area contributed by atoms with E-state index in [2.05, 4.69) is 92.4 Å². The number of alkyl halides is 1. The average molecular weight is 751 g/mol. The van der Waals surface area contributed by atoms with E-state index in [1.807, 2.05) is 30.1 Å². The second kappa shape index (κ2) is 15.7. The summed E-state index contributed by atoms with van der Waals surface area (Å²) >= 11 is 5.30. The molecule has 1 fully saturated rings. The van der Waals surface area contributed by atoms with E-state index in [1.54, 1.807) is 0 Å². The van der Waals surface area contributed by atoms with Gasteiger partial charge in [0.2, 0.25) is 5.91 Å². The number of likely N-dealkylation sites (tertiary alicyclic amines) is 1. The molecule has 3 nitrogen and oxygen atoms in total. The number of likely N-dealkylation sites (N-methyl/N-ethyl adjacent to an activating group) is 1. The molecule has 0 radical (unpaired) electrons. The van der Waals surface area contributed by atoms with Crippen molar-refractivity contribution < 1.29 is 22.4 Å². The molecule has 0 aliphatic carbocycles. The number of nitrogens with zero attached hydrogens (tertiary/aromatic N) is 2. The summed E-state index contributed by atoms with van der Waals surface area (Å²) in [5.74, 6) is 0.211. The van der Waals surface area contributed by atoms with Crippen LogP contribution in [0.5, 0.6) is 0 Å². The van der Waals surface area contributed by atoms with Crippen LogP contribution in [0.4, 0.5) is 4.39 Å². The molecule has 2 aromatic rings. The summed E-state index contributed by atoms with van der Waals surface area (Å²) in [7, 11) is 2.45. The molecule has 1 saturated heterocycles. The molecule has 2 aromatic carbocycles. The van der Waals surface area contributed by atoms with Gasteiger partial charge < -0.3 is 4.90 Å². The van der Waals surface area contributed by atoms with Crippen LogP contribution in [0.1, 0.15) is 25.8 Å². The fourth-order valence-electron chi connectivity index (χ4n) is 3.50. The van der Waals surface area contributed by atoms with E-state index in [-0.39, 0.29) is 5.91 Å². The predicted molar refractivity (Wildman–Crippen MR) is 139 cm³/mol.